The fourth-order valence-corrected chi connectivity index (χ4v) is 3.44. The molecule has 1 saturated carbocycles. The molecular formula is C14H22O4. The highest BCUT2D eigenvalue weighted by Crippen LogP contribution is 2.37. The summed E-state index contributed by atoms with van der Waals surface area (Å²) in [6.45, 7) is 0.888. The van der Waals surface area contributed by atoms with E-state index in [9.17, 15) is 5.11 Å². The molecule has 2 aliphatic heterocycles. The average Bonchev–Trinajstić information content (AvgIpc) is 3.11. The van der Waals surface area contributed by atoms with Gasteiger partial charge in [0.2, 0.25) is 0 Å². The highest BCUT2D eigenvalue weighted by molar-refractivity contribution is 5.11. The molecule has 0 amide bonds. The van der Waals surface area contributed by atoms with Gasteiger partial charge < -0.3 is 19.7 Å². The Hall–Kier alpha value is -0.420. The van der Waals surface area contributed by atoms with Crippen LogP contribution in [-0.4, -0.2) is 41.9 Å². The number of aliphatic hydroxyl groups is 2. The van der Waals surface area contributed by atoms with E-state index in [1.54, 1.807) is 0 Å². The number of hydrogen-bond donors (Lipinski definition) is 2. The van der Waals surface area contributed by atoms with Crippen LogP contribution >= 0.6 is 0 Å². The van der Waals surface area contributed by atoms with Crippen molar-refractivity contribution in [2.75, 3.05) is 13.2 Å². The fraction of sp³-hybridized carbons (Fsp3) is 0.857. The Morgan fingerprint density at radius 2 is 2.06 bits per heavy atom. The number of fused-ring (bicyclic) bond motifs is 2. The predicted molar refractivity (Wildman–Crippen MR) is 65.8 cm³/mol. The standard InChI is InChI=1S/C14H22O4/c15-7-9-1-2-10(5-9)8-17-14(16)12-6-11-3-4-13(12)18-11/h3-4,9-16H,1-2,5-8H2. The van der Waals surface area contributed by atoms with E-state index in [1.165, 1.54) is 0 Å². The highest BCUT2D eigenvalue weighted by Gasteiger charge is 2.41. The molecule has 3 aliphatic rings. The molecule has 1 saturated heterocycles. The van der Waals surface area contributed by atoms with E-state index in [-0.39, 0.29) is 24.7 Å². The summed E-state index contributed by atoms with van der Waals surface area (Å²) < 4.78 is 11.2. The van der Waals surface area contributed by atoms with Crippen molar-refractivity contribution in [2.24, 2.45) is 17.8 Å². The molecule has 2 fully saturated rings. The second-order valence-electron chi connectivity index (χ2n) is 5.88. The maximum Gasteiger partial charge on any atom is 0.160 e. The minimum absolute atomic E-state index is 0.0405. The lowest BCUT2D eigenvalue weighted by Gasteiger charge is -2.23. The molecule has 2 bridgehead atoms. The van der Waals surface area contributed by atoms with Gasteiger partial charge in [-0.3, -0.25) is 0 Å². The molecular weight excluding hydrogens is 232 g/mol. The summed E-state index contributed by atoms with van der Waals surface area (Å²) in [6.07, 6.45) is 7.69. The Kier molecular flexibility index (Phi) is 3.71. The first-order valence-corrected chi connectivity index (χ1v) is 7.00. The van der Waals surface area contributed by atoms with Crippen LogP contribution in [0.5, 0.6) is 0 Å². The number of aliphatic hydroxyl groups excluding tert-OH is 2. The second kappa shape index (κ2) is 5.29. The molecule has 2 N–H and O–H groups in total. The minimum Gasteiger partial charge on any atom is -0.396 e. The van der Waals surface area contributed by atoms with Gasteiger partial charge in [-0.15, -0.1) is 0 Å². The molecule has 4 nitrogen and oxygen atoms in total. The van der Waals surface area contributed by atoms with E-state index in [0.717, 1.165) is 25.7 Å². The number of hydrogen-bond acceptors (Lipinski definition) is 4. The van der Waals surface area contributed by atoms with Crippen LogP contribution in [-0.2, 0) is 9.47 Å². The molecule has 0 aromatic carbocycles. The Bertz CT molecular complexity index is 317. The van der Waals surface area contributed by atoms with E-state index in [2.05, 4.69) is 6.08 Å². The molecule has 0 aromatic heterocycles. The number of rotatable bonds is 5. The summed E-state index contributed by atoms with van der Waals surface area (Å²) >= 11 is 0. The molecule has 0 radical (unpaired) electrons. The van der Waals surface area contributed by atoms with Crippen molar-refractivity contribution in [1.29, 1.82) is 0 Å². The van der Waals surface area contributed by atoms with Crippen LogP contribution in [0.3, 0.4) is 0 Å². The first-order valence-electron chi connectivity index (χ1n) is 7.00. The van der Waals surface area contributed by atoms with Gasteiger partial charge in [0.1, 0.15) is 0 Å². The molecule has 4 heteroatoms. The summed E-state index contributed by atoms with van der Waals surface area (Å²) in [7, 11) is 0. The van der Waals surface area contributed by atoms with Crippen molar-refractivity contribution >= 4 is 0 Å². The zero-order valence-corrected chi connectivity index (χ0v) is 10.6. The van der Waals surface area contributed by atoms with Gasteiger partial charge in [0.25, 0.3) is 0 Å². The van der Waals surface area contributed by atoms with Gasteiger partial charge in [0.05, 0.1) is 18.8 Å². The van der Waals surface area contributed by atoms with Crippen molar-refractivity contribution in [3.8, 4) is 0 Å². The topological polar surface area (TPSA) is 58.9 Å². The Labute approximate surface area is 108 Å². The quantitative estimate of drug-likeness (QED) is 0.569. The first-order chi connectivity index (χ1) is 8.76. The van der Waals surface area contributed by atoms with E-state index >= 15 is 0 Å². The summed E-state index contributed by atoms with van der Waals surface area (Å²) in [5, 5.41) is 19.2. The zero-order valence-electron chi connectivity index (χ0n) is 10.6. The third-order valence-corrected chi connectivity index (χ3v) is 4.55. The molecule has 18 heavy (non-hydrogen) atoms. The lowest BCUT2D eigenvalue weighted by molar-refractivity contribution is -0.148. The van der Waals surface area contributed by atoms with Gasteiger partial charge in [-0.05, 0) is 37.5 Å². The summed E-state index contributed by atoms with van der Waals surface area (Å²) in [4.78, 5) is 0. The summed E-state index contributed by atoms with van der Waals surface area (Å²) in [6, 6.07) is 0. The average molecular weight is 254 g/mol. The van der Waals surface area contributed by atoms with Gasteiger partial charge in [-0.1, -0.05) is 12.2 Å². The highest BCUT2D eigenvalue weighted by atomic mass is 16.6. The van der Waals surface area contributed by atoms with Crippen LogP contribution in [0.25, 0.3) is 0 Å². The molecule has 0 spiro atoms. The maximum absolute atomic E-state index is 10.1. The zero-order chi connectivity index (χ0) is 12.5. The molecule has 102 valence electrons. The summed E-state index contributed by atoms with van der Waals surface area (Å²) in [5.74, 6) is 1.02. The second-order valence-corrected chi connectivity index (χ2v) is 5.88. The number of ether oxygens (including phenoxy) is 2. The normalized spacial score (nSPS) is 43.8. The molecule has 6 atom stereocenters. The van der Waals surface area contributed by atoms with E-state index in [0.29, 0.717) is 18.4 Å². The Morgan fingerprint density at radius 1 is 1.22 bits per heavy atom. The van der Waals surface area contributed by atoms with Crippen LogP contribution in [0.15, 0.2) is 12.2 Å². The first kappa shape index (κ1) is 12.6. The van der Waals surface area contributed by atoms with Crippen LogP contribution in [0.4, 0.5) is 0 Å². The SMILES string of the molecule is OCC1CCC(COC(O)C2CC3C=CC2O3)C1. The van der Waals surface area contributed by atoms with E-state index < -0.39 is 6.29 Å². The third kappa shape index (κ3) is 2.48. The van der Waals surface area contributed by atoms with Crippen molar-refractivity contribution in [1.82, 2.24) is 0 Å². The van der Waals surface area contributed by atoms with Gasteiger partial charge >= 0.3 is 0 Å². The Balaban J connectivity index is 1.42. The van der Waals surface area contributed by atoms with Gasteiger partial charge in [0, 0.05) is 12.5 Å². The lowest BCUT2D eigenvalue weighted by atomic mass is 9.94. The van der Waals surface area contributed by atoms with Crippen molar-refractivity contribution < 1.29 is 19.7 Å². The van der Waals surface area contributed by atoms with Gasteiger partial charge in [-0.2, -0.15) is 0 Å². The van der Waals surface area contributed by atoms with Gasteiger partial charge in [0.15, 0.2) is 6.29 Å². The molecule has 6 unspecified atom stereocenters. The van der Waals surface area contributed by atoms with Crippen molar-refractivity contribution in [2.45, 2.75) is 44.2 Å². The van der Waals surface area contributed by atoms with Crippen LogP contribution < -0.4 is 0 Å². The van der Waals surface area contributed by atoms with Crippen molar-refractivity contribution in [3.05, 3.63) is 12.2 Å². The van der Waals surface area contributed by atoms with Crippen molar-refractivity contribution in [3.63, 3.8) is 0 Å². The van der Waals surface area contributed by atoms with Gasteiger partial charge in [-0.25, -0.2) is 0 Å². The smallest absolute Gasteiger partial charge is 0.160 e. The molecule has 0 aromatic rings. The van der Waals surface area contributed by atoms with Crippen LogP contribution in [0.2, 0.25) is 0 Å². The largest absolute Gasteiger partial charge is 0.396 e. The van der Waals surface area contributed by atoms with E-state index in [1.807, 2.05) is 6.08 Å². The summed E-state index contributed by atoms with van der Waals surface area (Å²) in [5.41, 5.74) is 0. The van der Waals surface area contributed by atoms with Crippen LogP contribution in [0.1, 0.15) is 25.7 Å². The van der Waals surface area contributed by atoms with Crippen LogP contribution in [0, 0.1) is 17.8 Å². The lowest BCUT2D eigenvalue weighted by Crippen LogP contribution is -2.31. The predicted octanol–water partition coefficient (Wildman–Crippen LogP) is 1.07. The monoisotopic (exact) mass is 254 g/mol. The molecule has 2 heterocycles. The molecule has 1 aliphatic carbocycles. The maximum atomic E-state index is 10.1. The minimum atomic E-state index is -0.710. The third-order valence-electron chi connectivity index (χ3n) is 4.55. The Morgan fingerprint density at radius 3 is 2.67 bits per heavy atom. The molecule has 3 rings (SSSR count). The van der Waals surface area contributed by atoms with E-state index in [4.69, 9.17) is 14.6 Å². The fourth-order valence-electron chi connectivity index (χ4n) is 3.44.